The Morgan fingerprint density at radius 1 is 1.05 bits per heavy atom. The summed E-state index contributed by atoms with van der Waals surface area (Å²) in [6.07, 6.45) is 0. The molecule has 0 fully saturated rings. The number of aliphatic hydroxyl groups excluding tert-OH is 2. The molecule has 0 radical (unpaired) electrons. The number of carbonyl (C=O) groups is 2. The lowest BCUT2D eigenvalue weighted by Gasteiger charge is -2.09. The van der Waals surface area contributed by atoms with Gasteiger partial charge in [-0.2, -0.15) is 0 Å². The molecule has 1 aromatic rings. The van der Waals surface area contributed by atoms with Crippen LogP contribution in [0.2, 0.25) is 0 Å². The van der Waals surface area contributed by atoms with Crippen LogP contribution in [0.15, 0.2) is 30.3 Å². The normalized spacial score (nSPS) is 12.6. The minimum absolute atomic E-state index is 0.333. The second kappa shape index (κ2) is 10.7. The summed E-state index contributed by atoms with van der Waals surface area (Å²) >= 11 is 0. The molecule has 8 nitrogen and oxygen atoms in total. The Hall–Kier alpha value is -2.00. The fourth-order valence-corrected chi connectivity index (χ4v) is 1.09. The van der Waals surface area contributed by atoms with Crippen molar-refractivity contribution in [2.75, 3.05) is 13.2 Å². The van der Waals surface area contributed by atoms with Crippen molar-refractivity contribution < 1.29 is 19.8 Å². The largest absolute Gasteiger partial charge is 0.394 e. The number of aliphatic hydroxyl groups is 2. The number of primary amides is 1. The topological polar surface area (TPSA) is 165 Å². The zero-order valence-corrected chi connectivity index (χ0v) is 11.6. The first-order valence-electron chi connectivity index (χ1n) is 6.26. The van der Waals surface area contributed by atoms with Crippen LogP contribution >= 0.6 is 0 Å². The highest BCUT2D eigenvalue weighted by Crippen LogP contribution is 1.97. The van der Waals surface area contributed by atoms with Gasteiger partial charge in [0.15, 0.2) is 0 Å². The van der Waals surface area contributed by atoms with Gasteiger partial charge in [0.25, 0.3) is 0 Å². The lowest BCUT2D eigenvalue weighted by atomic mass is 10.2. The molecule has 0 saturated heterocycles. The lowest BCUT2D eigenvalue weighted by Crippen LogP contribution is -2.42. The molecule has 21 heavy (non-hydrogen) atoms. The summed E-state index contributed by atoms with van der Waals surface area (Å²) in [7, 11) is 0. The SMILES string of the molecule is NC(=O)[C@H](N)CO.N[C@H](CO)C(=O)NCc1ccccc1. The molecule has 9 N–H and O–H groups in total. The lowest BCUT2D eigenvalue weighted by molar-refractivity contribution is -0.123. The molecule has 0 aliphatic rings. The molecule has 0 aliphatic carbocycles. The highest BCUT2D eigenvalue weighted by atomic mass is 16.3. The second-order valence-electron chi connectivity index (χ2n) is 4.18. The molecule has 0 unspecified atom stereocenters. The van der Waals surface area contributed by atoms with Gasteiger partial charge >= 0.3 is 0 Å². The number of nitrogens with one attached hydrogen (secondary N) is 1. The number of benzene rings is 1. The van der Waals surface area contributed by atoms with Crippen molar-refractivity contribution in [2.45, 2.75) is 18.6 Å². The van der Waals surface area contributed by atoms with Crippen LogP contribution in [0.3, 0.4) is 0 Å². The predicted molar refractivity (Wildman–Crippen MR) is 77.6 cm³/mol. The van der Waals surface area contributed by atoms with Gasteiger partial charge in [-0.15, -0.1) is 0 Å². The second-order valence-corrected chi connectivity index (χ2v) is 4.18. The molecule has 1 aromatic carbocycles. The van der Waals surface area contributed by atoms with E-state index in [0.717, 1.165) is 5.56 Å². The van der Waals surface area contributed by atoms with Crippen molar-refractivity contribution in [3.05, 3.63) is 35.9 Å². The first-order valence-corrected chi connectivity index (χ1v) is 6.26. The summed E-state index contributed by atoms with van der Waals surface area (Å²) in [6.45, 7) is -0.274. The van der Waals surface area contributed by atoms with Crippen molar-refractivity contribution in [3.8, 4) is 0 Å². The van der Waals surface area contributed by atoms with E-state index in [0.29, 0.717) is 6.54 Å². The van der Waals surface area contributed by atoms with Crippen molar-refractivity contribution in [2.24, 2.45) is 17.2 Å². The Balaban J connectivity index is 0.000000486. The maximum atomic E-state index is 11.2. The van der Waals surface area contributed by atoms with Crippen LogP contribution in [0, 0.1) is 0 Å². The van der Waals surface area contributed by atoms with Crippen LogP contribution < -0.4 is 22.5 Å². The van der Waals surface area contributed by atoms with E-state index < -0.39 is 18.0 Å². The van der Waals surface area contributed by atoms with Gasteiger partial charge in [0, 0.05) is 6.54 Å². The van der Waals surface area contributed by atoms with Gasteiger partial charge in [-0.1, -0.05) is 30.3 Å². The van der Waals surface area contributed by atoms with Crippen LogP contribution in [0.1, 0.15) is 5.56 Å². The Labute approximate surface area is 122 Å². The van der Waals surface area contributed by atoms with Gasteiger partial charge in [-0.05, 0) is 5.56 Å². The Morgan fingerprint density at radius 2 is 1.57 bits per heavy atom. The molecule has 0 heterocycles. The molecule has 0 bridgehead atoms. The number of rotatable bonds is 6. The summed E-state index contributed by atoms with van der Waals surface area (Å²) in [5.41, 5.74) is 15.8. The van der Waals surface area contributed by atoms with E-state index in [1.807, 2.05) is 30.3 Å². The van der Waals surface area contributed by atoms with Crippen LogP contribution in [0.4, 0.5) is 0 Å². The Bertz CT molecular complexity index is 427. The Kier molecular flexibility index (Phi) is 9.72. The van der Waals surface area contributed by atoms with Crippen LogP contribution in [-0.4, -0.2) is 47.3 Å². The van der Waals surface area contributed by atoms with E-state index >= 15 is 0 Å². The average molecular weight is 298 g/mol. The standard InChI is InChI=1S/C10H14N2O2.C3H8N2O2/c11-9(7-13)10(14)12-6-8-4-2-1-3-5-8;4-2(1-6)3(5)7/h1-5,9,13H,6-7,11H2,(H,12,14);2,6H,1,4H2,(H2,5,7)/t9-;2-/m11/s1. The van der Waals surface area contributed by atoms with E-state index in [1.54, 1.807) is 0 Å². The summed E-state index contributed by atoms with van der Waals surface area (Å²) in [4.78, 5) is 21.0. The third-order valence-corrected chi connectivity index (χ3v) is 2.41. The summed E-state index contributed by atoms with van der Waals surface area (Å²) in [5, 5.41) is 19.3. The van der Waals surface area contributed by atoms with Crippen molar-refractivity contribution in [3.63, 3.8) is 0 Å². The first kappa shape index (κ1) is 19.0. The molecule has 0 saturated carbocycles. The molecule has 118 valence electrons. The van der Waals surface area contributed by atoms with Gasteiger partial charge in [0.1, 0.15) is 12.1 Å². The van der Waals surface area contributed by atoms with Crippen molar-refractivity contribution >= 4 is 11.8 Å². The fraction of sp³-hybridized carbons (Fsp3) is 0.385. The maximum absolute atomic E-state index is 11.2. The maximum Gasteiger partial charge on any atom is 0.239 e. The van der Waals surface area contributed by atoms with Gasteiger partial charge in [-0.25, -0.2) is 0 Å². The number of carbonyl (C=O) groups excluding carboxylic acids is 2. The summed E-state index contributed by atoms with van der Waals surface area (Å²) in [6, 6.07) is 7.78. The third kappa shape index (κ3) is 8.71. The molecule has 2 amide bonds. The zero-order chi connectivity index (χ0) is 16.3. The molecular formula is C13H22N4O4. The average Bonchev–Trinajstić information content (AvgIpc) is 2.52. The third-order valence-electron chi connectivity index (χ3n) is 2.41. The molecule has 1 rings (SSSR count). The highest BCUT2D eigenvalue weighted by molar-refractivity contribution is 5.81. The smallest absolute Gasteiger partial charge is 0.239 e. The molecule has 8 heteroatoms. The molecule has 0 spiro atoms. The van der Waals surface area contributed by atoms with Gasteiger partial charge < -0.3 is 32.7 Å². The van der Waals surface area contributed by atoms with Crippen LogP contribution in [0.5, 0.6) is 0 Å². The highest BCUT2D eigenvalue weighted by Gasteiger charge is 2.10. The van der Waals surface area contributed by atoms with E-state index in [9.17, 15) is 9.59 Å². The summed E-state index contributed by atoms with van der Waals surface area (Å²) in [5.74, 6) is -1.01. The Morgan fingerprint density at radius 3 is 1.95 bits per heavy atom. The van der Waals surface area contributed by atoms with Gasteiger partial charge in [0.2, 0.25) is 11.8 Å². The first-order chi connectivity index (χ1) is 9.92. The zero-order valence-electron chi connectivity index (χ0n) is 11.6. The minimum Gasteiger partial charge on any atom is -0.394 e. The monoisotopic (exact) mass is 298 g/mol. The quantitative estimate of drug-likeness (QED) is 0.337. The van der Waals surface area contributed by atoms with Gasteiger partial charge in [-0.3, -0.25) is 9.59 Å². The predicted octanol–water partition coefficient (Wildman–Crippen LogP) is -2.59. The number of amides is 2. The molecule has 0 aliphatic heterocycles. The van der Waals surface area contributed by atoms with Crippen LogP contribution in [0.25, 0.3) is 0 Å². The molecular weight excluding hydrogens is 276 g/mol. The fourth-order valence-electron chi connectivity index (χ4n) is 1.09. The van der Waals surface area contributed by atoms with E-state index in [1.165, 1.54) is 0 Å². The molecule has 0 aromatic heterocycles. The minimum atomic E-state index is -0.903. The number of hydrogen-bond donors (Lipinski definition) is 6. The summed E-state index contributed by atoms with van der Waals surface area (Å²) < 4.78 is 0. The molecule has 2 atom stereocenters. The van der Waals surface area contributed by atoms with Crippen molar-refractivity contribution in [1.29, 1.82) is 0 Å². The van der Waals surface area contributed by atoms with Crippen LogP contribution in [-0.2, 0) is 16.1 Å². The van der Waals surface area contributed by atoms with E-state index in [4.69, 9.17) is 21.7 Å². The van der Waals surface area contributed by atoms with Gasteiger partial charge in [0.05, 0.1) is 13.2 Å². The van der Waals surface area contributed by atoms with E-state index in [-0.39, 0.29) is 19.1 Å². The number of nitrogens with two attached hydrogens (primary N) is 3. The van der Waals surface area contributed by atoms with E-state index in [2.05, 4.69) is 11.1 Å². The van der Waals surface area contributed by atoms with Crippen molar-refractivity contribution in [1.82, 2.24) is 5.32 Å². The number of hydrogen-bond acceptors (Lipinski definition) is 6.